The summed E-state index contributed by atoms with van der Waals surface area (Å²) in [7, 11) is 3.85. The SMILES string of the molecule is Cc1cccc(N(C)C)c1C(C)C(=O)O. The van der Waals surface area contributed by atoms with Gasteiger partial charge in [-0.3, -0.25) is 4.79 Å². The number of hydrogen-bond donors (Lipinski definition) is 1. The lowest BCUT2D eigenvalue weighted by Crippen LogP contribution is -2.17. The highest BCUT2D eigenvalue weighted by molar-refractivity contribution is 5.79. The topological polar surface area (TPSA) is 40.5 Å². The molecule has 0 fully saturated rings. The monoisotopic (exact) mass is 207 g/mol. The highest BCUT2D eigenvalue weighted by atomic mass is 16.4. The lowest BCUT2D eigenvalue weighted by molar-refractivity contribution is -0.138. The maximum atomic E-state index is 11.0. The zero-order chi connectivity index (χ0) is 11.6. The summed E-state index contributed by atoms with van der Waals surface area (Å²) < 4.78 is 0. The molecule has 1 unspecified atom stereocenters. The number of rotatable bonds is 3. The molecule has 1 aromatic carbocycles. The van der Waals surface area contributed by atoms with E-state index < -0.39 is 11.9 Å². The number of carboxylic acids is 1. The van der Waals surface area contributed by atoms with Gasteiger partial charge in [-0.15, -0.1) is 0 Å². The molecule has 1 atom stereocenters. The summed E-state index contributed by atoms with van der Waals surface area (Å²) in [5.74, 6) is -1.25. The molecule has 0 amide bonds. The van der Waals surface area contributed by atoms with Crippen molar-refractivity contribution in [2.75, 3.05) is 19.0 Å². The summed E-state index contributed by atoms with van der Waals surface area (Å²) in [5.41, 5.74) is 2.90. The van der Waals surface area contributed by atoms with Crippen LogP contribution in [0.2, 0.25) is 0 Å². The fourth-order valence-electron chi connectivity index (χ4n) is 1.74. The lowest BCUT2D eigenvalue weighted by atomic mass is 9.94. The summed E-state index contributed by atoms with van der Waals surface area (Å²) in [6.45, 7) is 3.67. The van der Waals surface area contributed by atoms with Crippen molar-refractivity contribution in [3.05, 3.63) is 29.3 Å². The Balaban J connectivity index is 3.30. The largest absolute Gasteiger partial charge is 0.481 e. The third-order valence-corrected chi connectivity index (χ3v) is 2.59. The van der Waals surface area contributed by atoms with Crippen LogP contribution in [0.25, 0.3) is 0 Å². The molecule has 0 heterocycles. The molecule has 1 rings (SSSR count). The number of carboxylic acid groups (broad SMARTS) is 1. The summed E-state index contributed by atoms with van der Waals surface area (Å²) >= 11 is 0. The van der Waals surface area contributed by atoms with E-state index in [4.69, 9.17) is 5.11 Å². The number of aliphatic carboxylic acids is 1. The van der Waals surface area contributed by atoms with E-state index in [1.54, 1.807) is 6.92 Å². The molecule has 3 heteroatoms. The second kappa shape index (κ2) is 4.34. The summed E-state index contributed by atoms with van der Waals surface area (Å²) in [6, 6.07) is 5.84. The molecule has 0 aliphatic carbocycles. The van der Waals surface area contributed by atoms with Gasteiger partial charge in [-0.05, 0) is 31.0 Å². The summed E-state index contributed by atoms with van der Waals surface area (Å²) in [6.07, 6.45) is 0. The van der Waals surface area contributed by atoms with Gasteiger partial charge >= 0.3 is 5.97 Å². The minimum absolute atomic E-state index is 0.469. The smallest absolute Gasteiger partial charge is 0.310 e. The zero-order valence-corrected chi connectivity index (χ0v) is 9.61. The molecule has 0 aliphatic rings. The fourth-order valence-corrected chi connectivity index (χ4v) is 1.74. The van der Waals surface area contributed by atoms with Crippen LogP contribution in [0.1, 0.15) is 24.0 Å². The second-order valence-corrected chi connectivity index (χ2v) is 3.96. The van der Waals surface area contributed by atoms with Crippen LogP contribution < -0.4 is 4.90 Å². The van der Waals surface area contributed by atoms with Crippen molar-refractivity contribution in [1.82, 2.24) is 0 Å². The van der Waals surface area contributed by atoms with Gasteiger partial charge in [0.2, 0.25) is 0 Å². The minimum atomic E-state index is -0.785. The molecule has 82 valence electrons. The van der Waals surface area contributed by atoms with Gasteiger partial charge in [0.15, 0.2) is 0 Å². The maximum absolute atomic E-state index is 11.0. The number of anilines is 1. The Morgan fingerprint density at radius 3 is 2.47 bits per heavy atom. The summed E-state index contributed by atoms with van der Waals surface area (Å²) in [5, 5.41) is 9.05. The van der Waals surface area contributed by atoms with Crippen molar-refractivity contribution in [1.29, 1.82) is 0 Å². The van der Waals surface area contributed by atoms with Crippen LogP contribution in [-0.4, -0.2) is 25.2 Å². The van der Waals surface area contributed by atoms with Crippen molar-refractivity contribution in [3.8, 4) is 0 Å². The van der Waals surface area contributed by atoms with Crippen LogP contribution in [0.4, 0.5) is 5.69 Å². The van der Waals surface area contributed by atoms with Crippen molar-refractivity contribution in [3.63, 3.8) is 0 Å². The number of benzene rings is 1. The molecule has 0 aromatic heterocycles. The van der Waals surface area contributed by atoms with E-state index in [1.807, 2.05) is 44.1 Å². The van der Waals surface area contributed by atoms with Crippen molar-refractivity contribution < 1.29 is 9.90 Å². The molecule has 1 N–H and O–H groups in total. The molecule has 15 heavy (non-hydrogen) atoms. The first-order valence-electron chi connectivity index (χ1n) is 4.94. The van der Waals surface area contributed by atoms with Crippen LogP contribution in [0.5, 0.6) is 0 Å². The number of nitrogens with zero attached hydrogens (tertiary/aromatic N) is 1. The van der Waals surface area contributed by atoms with E-state index >= 15 is 0 Å². The average Bonchev–Trinajstić information content (AvgIpc) is 2.16. The molecule has 0 saturated carbocycles. The highest BCUT2D eigenvalue weighted by Crippen LogP contribution is 2.29. The van der Waals surface area contributed by atoms with Gasteiger partial charge in [-0.2, -0.15) is 0 Å². The van der Waals surface area contributed by atoms with Gasteiger partial charge in [-0.25, -0.2) is 0 Å². The van der Waals surface area contributed by atoms with Crippen LogP contribution >= 0.6 is 0 Å². The summed E-state index contributed by atoms with van der Waals surface area (Å²) in [4.78, 5) is 13.0. The quantitative estimate of drug-likeness (QED) is 0.826. The van der Waals surface area contributed by atoms with Gasteiger partial charge in [0.1, 0.15) is 0 Å². The Morgan fingerprint density at radius 2 is 2.00 bits per heavy atom. The minimum Gasteiger partial charge on any atom is -0.481 e. The van der Waals surface area contributed by atoms with E-state index in [9.17, 15) is 4.79 Å². The first-order chi connectivity index (χ1) is 6.95. The van der Waals surface area contributed by atoms with E-state index in [1.165, 1.54) is 0 Å². The van der Waals surface area contributed by atoms with Crippen LogP contribution in [0.15, 0.2) is 18.2 Å². The van der Waals surface area contributed by atoms with Gasteiger partial charge in [0, 0.05) is 19.8 Å². The second-order valence-electron chi connectivity index (χ2n) is 3.96. The molecule has 0 aliphatic heterocycles. The number of aryl methyl sites for hydroxylation is 1. The average molecular weight is 207 g/mol. The Hall–Kier alpha value is -1.51. The van der Waals surface area contributed by atoms with E-state index in [-0.39, 0.29) is 0 Å². The molecular formula is C12H17NO2. The van der Waals surface area contributed by atoms with Crippen LogP contribution in [-0.2, 0) is 4.79 Å². The maximum Gasteiger partial charge on any atom is 0.310 e. The predicted molar refractivity (Wildman–Crippen MR) is 61.6 cm³/mol. The van der Waals surface area contributed by atoms with Gasteiger partial charge in [-0.1, -0.05) is 12.1 Å². The molecule has 0 spiro atoms. The van der Waals surface area contributed by atoms with E-state index in [0.29, 0.717) is 0 Å². The zero-order valence-electron chi connectivity index (χ0n) is 9.61. The first kappa shape index (κ1) is 11.6. The molecule has 1 aromatic rings. The first-order valence-corrected chi connectivity index (χ1v) is 4.94. The standard InChI is InChI=1S/C12H17NO2/c1-8-6-5-7-10(13(3)4)11(8)9(2)12(14)15/h5-7,9H,1-4H3,(H,14,15). The van der Waals surface area contributed by atoms with Gasteiger partial charge in [0.05, 0.1) is 5.92 Å². The third kappa shape index (κ3) is 2.29. The van der Waals surface area contributed by atoms with Gasteiger partial charge in [0.25, 0.3) is 0 Å². The number of carbonyl (C=O) groups is 1. The molecule has 0 saturated heterocycles. The molecule has 0 bridgehead atoms. The van der Waals surface area contributed by atoms with E-state index in [0.717, 1.165) is 16.8 Å². The fraction of sp³-hybridized carbons (Fsp3) is 0.417. The molecule has 3 nitrogen and oxygen atoms in total. The molecular weight excluding hydrogens is 190 g/mol. The van der Waals surface area contributed by atoms with Crippen LogP contribution in [0, 0.1) is 6.92 Å². The third-order valence-electron chi connectivity index (χ3n) is 2.59. The number of hydrogen-bond acceptors (Lipinski definition) is 2. The van der Waals surface area contributed by atoms with Crippen molar-refractivity contribution in [2.24, 2.45) is 0 Å². The highest BCUT2D eigenvalue weighted by Gasteiger charge is 2.20. The molecule has 0 radical (unpaired) electrons. The Morgan fingerprint density at radius 1 is 1.40 bits per heavy atom. The Kier molecular flexibility index (Phi) is 3.35. The lowest BCUT2D eigenvalue weighted by Gasteiger charge is -2.21. The Labute approximate surface area is 90.3 Å². The predicted octanol–water partition coefficient (Wildman–Crippen LogP) is 2.25. The van der Waals surface area contributed by atoms with Crippen molar-refractivity contribution >= 4 is 11.7 Å². The normalized spacial score (nSPS) is 12.3. The van der Waals surface area contributed by atoms with Crippen molar-refractivity contribution in [2.45, 2.75) is 19.8 Å². The van der Waals surface area contributed by atoms with Crippen LogP contribution in [0.3, 0.4) is 0 Å². The van der Waals surface area contributed by atoms with E-state index in [2.05, 4.69) is 0 Å². The Bertz CT molecular complexity index is 372. The van der Waals surface area contributed by atoms with Gasteiger partial charge < -0.3 is 10.0 Å².